The minimum absolute atomic E-state index is 0.0741. The molecule has 1 rings (SSSR count). The Hall–Kier alpha value is -2.02. The zero-order valence-electron chi connectivity index (χ0n) is 22.7. The fourth-order valence-electron chi connectivity index (χ4n) is 4.54. The molecule has 220 valence electrons. The molecular formula is C26H44O10S2. The van der Waals surface area contributed by atoms with E-state index in [-0.39, 0.29) is 23.2 Å². The fourth-order valence-corrected chi connectivity index (χ4v) is 6.27. The lowest BCUT2D eigenvalue weighted by Crippen LogP contribution is -2.56. The monoisotopic (exact) mass is 580 g/mol. The Kier molecular flexibility index (Phi) is 15.9. The highest BCUT2D eigenvalue weighted by Crippen LogP contribution is 2.41. The molecule has 0 aromatic heterocycles. The van der Waals surface area contributed by atoms with Crippen molar-refractivity contribution in [3.63, 3.8) is 0 Å². The molecule has 1 aromatic rings. The maximum absolute atomic E-state index is 12.4. The van der Waals surface area contributed by atoms with Crippen molar-refractivity contribution in [2.45, 2.75) is 102 Å². The van der Waals surface area contributed by atoms with Gasteiger partial charge in [0.2, 0.25) is 4.75 Å². The Balaban J connectivity index is 0.00000113. The predicted molar refractivity (Wildman–Crippen MR) is 145 cm³/mol. The Morgan fingerprint density at radius 2 is 1.29 bits per heavy atom. The summed E-state index contributed by atoms with van der Waals surface area (Å²) < 4.78 is 61.2. The molecule has 38 heavy (non-hydrogen) atoms. The van der Waals surface area contributed by atoms with Gasteiger partial charge in [-0.25, -0.2) is 0 Å². The molecular weight excluding hydrogens is 536 g/mol. The van der Waals surface area contributed by atoms with Crippen LogP contribution in [-0.4, -0.2) is 52.8 Å². The summed E-state index contributed by atoms with van der Waals surface area (Å²) in [6, 6.07) is 7.42. The third-order valence-corrected chi connectivity index (χ3v) is 9.39. The Bertz CT molecular complexity index is 1050. The lowest BCUT2D eigenvalue weighted by molar-refractivity contribution is -0.153. The van der Waals surface area contributed by atoms with E-state index in [2.05, 4.69) is 0 Å². The van der Waals surface area contributed by atoms with E-state index in [9.17, 15) is 41.2 Å². The van der Waals surface area contributed by atoms with Crippen molar-refractivity contribution in [3.05, 3.63) is 30.3 Å². The van der Waals surface area contributed by atoms with Crippen molar-refractivity contribution < 1.29 is 45.7 Å². The summed E-state index contributed by atoms with van der Waals surface area (Å²) in [6.07, 6.45) is 5.37. The Morgan fingerprint density at radius 1 is 0.816 bits per heavy atom. The van der Waals surface area contributed by atoms with Gasteiger partial charge in [-0.15, -0.1) is 0 Å². The number of hydrogen-bond donors (Lipinski definition) is 4. The van der Waals surface area contributed by atoms with Crippen LogP contribution in [0.2, 0.25) is 0 Å². The maximum Gasteiger partial charge on any atom is 0.328 e. The molecule has 10 nitrogen and oxygen atoms in total. The zero-order chi connectivity index (χ0) is 29.6. The van der Waals surface area contributed by atoms with Gasteiger partial charge in [0.15, 0.2) is 0 Å². The summed E-state index contributed by atoms with van der Waals surface area (Å²) >= 11 is 0. The molecule has 0 aliphatic heterocycles. The van der Waals surface area contributed by atoms with Crippen molar-refractivity contribution in [3.8, 4) is 0 Å². The van der Waals surface area contributed by atoms with Crippen LogP contribution in [0.5, 0.6) is 0 Å². The second-order valence-electron chi connectivity index (χ2n) is 9.62. The molecule has 0 saturated heterocycles. The van der Waals surface area contributed by atoms with Gasteiger partial charge >= 0.3 is 11.9 Å². The average Bonchev–Trinajstić information content (AvgIpc) is 2.84. The van der Waals surface area contributed by atoms with E-state index in [1.165, 1.54) is 12.1 Å². The van der Waals surface area contributed by atoms with Crippen LogP contribution in [0.3, 0.4) is 0 Å². The van der Waals surface area contributed by atoms with Crippen molar-refractivity contribution in [2.75, 3.05) is 0 Å². The smallest absolute Gasteiger partial charge is 0.328 e. The second-order valence-corrected chi connectivity index (χ2v) is 12.7. The van der Waals surface area contributed by atoms with Crippen LogP contribution in [0.15, 0.2) is 35.2 Å². The van der Waals surface area contributed by atoms with Crippen LogP contribution in [0.1, 0.15) is 91.9 Å². The average molecular weight is 581 g/mol. The maximum atomic E-state index is 12.4. The standard InChI is InChI=1S/C20H38O7S.C6H6O3S/c1-5-9-11-15(7-3)13-17(18(21)22)20(19(23)24,28(25,26)27)14-16(8-4)12-10-6-2;7-10(8,9)6-4-2-1-3-5-6/h15-17H,5-14H2,1-4H3,(H,21,22)(H,23,24)(H,25,26,27);1-5H,(H,7,8,9). The number of aliphatic carboxylic acids is 2. The van der Waals surface area contributed by atoms with Crippen molar-refractivity contribution in [1.82, 2.24) is 0 Å². The highest BCUT2D eigenvalue weighted by molar-refractivity contribution is 7.88. The summed E-state index contributed by atoms with van der Waals surface area (Å²) in [7, 11) is -9.16. The first-order valence-corrected chi connectivity index (χ1v) is 16.0. The van der Waals surface area contributed by atoms with Gasteiger partial charge in [-0.2, -0.15) is 16.8 Å². The topological polar surface area (TPSA) is 183 Å². The van der Waals surface area contributed by atoms with E-state index >= 15 is 0 Å². The van der Waals surface area contributed by atoms with E-state index in [0.717, 1.165) is 25.7 Å². The van der Waals surface area contributed by atoms with Crippen LogP contribution in [0.4, 0.5) is 0 Å². The largest absolute Gasteiger partial charge is 0.481 e. The number of carboxylic acids is 2. The van der Waals surface area contributed by atoms with E-state index in [0.29, 0.717) is 25.7 Å². The summed E-state index contributed by atoms with van der Waals surface area (Å²) in [5.41, 5.74) is 0. The molecule has 4 atom stereocenters. The van der Waals surface area contributed by atoms with Crippen LogP contribution in [0.25, 0.3) is 0 Å². The highest BCUT2D eigenvalue weighted by atomic mass is 32.2. The van der Waals surface area contributed by atoms with E-state index in [1.807, 2.05) is 27.7 Å². The summed E-state index contributed by atoms with van der Waals surface area (Å²) in [5.74, 6) is -5.37. The van der Waals surface area contributed by atoms with Crippen LogP contribution < -0.4 is 0 Å². The van der Waals surface area contributed by atoms with Gasteiger partial charge in [0.25, 0.3) is 20.2 Å². The Morgan fingerprint density at radius 3 is 1.61 bits per heavy atom. The number of carbonyl (C=O) groups is 2. The molecule has 0 amide bonds. The molecule has 4 unspecified atom stereocenters. The van der Waals surface area contributed by atoms with Gasteiger partial charge in [0.1, 0.15) is 0 Å². The lowest BCUT2D eigenvalue weighted by atomic mass is 9.76. The number of rotatable bonds is 17. The third-order valence-electron chi connectivity index (χ3n) is 6.97. The van der Waals surface area contributed by atoms with E-state index < -0.39 is 49.3 Å². The predicted octanol–water partition coefficient (Wildman–Crippen LogP) is 5.54. The molecule has 1 aromatic carbocycles. The first kappa shape index (κ1) is 36.0. The molecule has 0 bridgehead atoms. The highest BCUT2D eigenvalue weighted by Gasteiger charge is 2.60. The number of hydrogen-bond acceptors (Lipinski definition) is 6. The van der Waals surface area contributed by atoms with Crippen molar-refractivity contribution in [2.24, 2.45) is 17.8 Å². The fraction of sp³-hybridized carbons (Fsp3) is 0.692. The molecule has 0 radical (unpaired) electrons. The molecule has 4 N–H and O–H groups in total. The molecule has 0 aliphatic carbocycles. The summed E-state index contributed by atoms with van der Waals surface area (Å²) in [6.45, 7) is 7.67. The quantitative estimate of drug-likeness (QED) is 0.170. The Labute approximate surface area is 227 Å². The third kappa shape index (κ3) is 11.0. The molecule has 0 fully saturated rings. The molecule has 12 heteroatoms. The summed E-state index contributed by atoms with van der Waals surface area (Å²) in [4.78, 5) is 24.2. The SMILES string of the molecule is CCCCC(CC)CC(C(=O)O)C(CC(CC)CCCC)(C(=O)O)S(=O)(=O)O.O=S(=O)(O)c1ccccc1. The second kappa shape index (κ2) is 16.8. The van der Waals surface area contributed by atoms with Crippen LogP contribution >= 0.6 is 0 Å². The van der Waals surface area contributed by atoms with Gasteiger partial charge in [-0.1, -0.05) is 97.3 Å². The minimum Gasteiger partial charge on any atom is -0.481 e. The summed E-state index contributed by atoms with van der Waals surface area (Å²) in [5, 5.41) is 19.7. The van der Waals surface area contributed by atoms with Gasteiger partial charge in [-0.3, -0.25) is 18.7 Å². The molecule has 0 saturated carbocycles. The number of unbranched alkanes of at least 4 members (excludes halogenated alkanes) is 2. The first-order chi connectivity index (χ1) is 17.6. The van der Waals surface area contributed by atoms with Crippen LogP contribution in [0, 0.1) is 17.8 Å². The van der Waals surface area contributed by atoms with Gasteiger partial charge < -0.3 is 10.2 Å². The first-order valence-electron chi connectivity index (χ1n) is 13.1. The lowest BCUT2D eigenvalue weighted by Gasteiger charge is -2.36. The van der Waals surface area contributed by atoms with Crippen molar-refractivity contribution >= 4 is 32.2 Å². The number of benzene rings is 1. The van der Waals surface area contributed by atoms with Crippen LogP contribution in [-0.2, 0) is 29.8 Å². The van der Waals surface area contributed by atoms with E-state index in [4.69, 9.17) is 4.55 Å². The van der Waals surface area contributed by atoms with Gasteiger partial charge in [-0.05, 0) is 36.8 Å². The van der Waals surface area contributed by atoms with Crippen molar-refractivity contribution in [1.29, 1.82) is 0 Å². The molecule has 0 spiro atoms. The molecule has 0 heterocycles. The zero-order valence-corrected chi connectivity index (χ0v) is 24.4. The van der Waals surface area contributed by atoms with Gasteiger partial charge in [0, 0.05) is 0 Å². The minimum atomic E-state index is -5.15. The molecule has 0 aliphatic rings. The van der Waals surface area contributed by atoms with E-state index in [1.54, 1.807) is 18.2 Å². The number of carboxylic acid groups (broad SMARTS) is 2. The van der Waals surface area contributed by atoms with Gasteiger partial charge in [0.05, 0.1) is 10.8 Å². The normalized spacial score (nSPS) is 15.8.